The van der Waals surface area contributed by atoms with Crippen LogP contribution in [0.1, 0.15) is 21.5 Å². The molecule has 122 valence electrons. The first-order valence-corrected chi connectivity index (χ1v) is 7.15. The number of rotatable bonds is 4. The molecule has 1 N–H and O–H groups in total. The van der Waals surface area contributed by atoms with Gasteiger partial charge in [0, 0.05) is 11.6 Å². The maximum Gasteiger partial charge on any atom is 0.336 e. The molecule has 0 aliphatic rings. The van der Waals surface area contributed by atoms with Crippen molar-refractivity contribution in [3.05, 3.63) is 70.9 Å². The number of pyridine rings is 1. The Bertz CT molecular complexity index is 921. The van der Waals surface area contributed by atoms with Gasteiger partial charge in [-0.25, -0.2) is 13.6 Å². The first kappa shape index (κ1) is 15.9. The first-order chi connectivity index (χ1) is 11.5. The van der Waals surface area contributed by atoms with Crippen molar-refractivity contribution in [1.82, 2.24) is 4.98 Å². The van der Waals surface area contributed by atoms with E-state index in [-0.39, 0.29) is 23.5 Å². The van der Waals surface area contributed by atoms with Gasteiger partial charge in [-0.05, 0) is 42.8 Å². The number of halogens is 2. The van der Waals surface area contributed by atoms with Crippen LogP contribution < -0.4 is 4.74 Å². The molecule has 0 spiro atoms. The number of aromatic nitrogens is 1. The molecular weight excluding hydrogens is 316 g/mol. The number of carboxylic acid groups (broad SMARTS) is 1. The lowest BCUT2D eigenvalue weighted by atomic mass is 10.1. The van der Waals surface area contributed by atoms with Crippen molar-refractivity contribution in [3.63, 3.8) is 0 Å². The third kappa shape index (κ3) is 2.90. The number of carbonyl (C=O) groups is 1. The largest absolute Gasteiger partial charge is 0.486 e. The molecule has 3 aromatic rings. The van der Waals surface area contributed by atoms with Gasteiger partial charge < -0.3 is 9.84 Å². The number of hydrogen-bond donors (Lipinski definition) is 1. The van der Waals surface area contributed by atoms with Crippen molar-refractivity contribution in [2.75, 3.05) is 0 Å². The van der Waals surface area contributed by atoms with Crippen LogP contribution >= 0.6 is 0 Å². The quantitative estimate of drug-likeness (QED) is 0.783. The van der Waals surface area contributed by atoms with Crippen LogP contribution in [0, 0.1) is 18.6 Å². The third-order valence-electron chi connectivity index (χ3n) is 3.62. The van der Waals surface area contributed by atoms with Gasteiger partial charge in [0.25, 0.3) is 0 Å². The van der Waals surface area contributed by atoms with Crippen molar-refractivity contribution in [3.8, 4) is 5.75 Å². The van der Waals surface area contributed by atoms with Crippen molar-refractivity contribution >= 4 is 16.9 Å². The van der Waals surface area contributed by atoms with Crippen molar-refractivity contribution in [1.29, 1.82) is 0 Å². The minimum absolute atomic E-state index is 0.0885. The topological polar surface area (TPSA) is 59.4 Å². The zero-order valence-electron chi connectivity index (χ0n) is 12.7. The Morgan fingerprint density at radius 1 is 1.21 bits per heavy atom. The summed E-state index contributed by atoms with van der Waals surface area (Å²) in [6, 6.07) is 8.30. The average molecular weight is 329 g/mol. The van der Waals surface area contributed by atoms with E-state index in [0.29, 0.717) is 10.9 Å². The summed E-state index contributed by atoms with van der Waals surface area (Å²) in [5, 5.41) is 9.69. The minimum atomic E-state index is -1.08. The second-order valence-corrected chi connectivity index (χ2v) is 5.31. The van der Waals surface area contributed by atoms with Gasteiger partial charge >= 0.3 is 5.97 Å². The summed E-state index contributed by atoms with van der Waals surface area (Å²) in [4.78, 5) is 15.5. The number of carboxylic acids is 1. The van der Waals surface area contributed by atoms with E-state index in [9.17, 15) is 18.7 Å². The van der Waals surface area contributed by atoms with Crippen LogP contribution in [0.3, 0.4) is 0 Å². The second-order valence-electron chi connectivity index (χ2n) is 5.31. The highest BCUT2D eigenvalue weighted by molar-refractivity contribution is 6.04. The van der Waals surface area contributed by atoms with E-state index in [2.05, 4.69) is 4.98 Å². The van der Waals surface area contributed by atoms with E-state index >= 15 is 0 Å². The molecule has 0 saturated carbocycles. The van der Waals surface area contributed by atoms with Gasteiger partial charge in [0.05, 0.1) is 11.1 Å². The van der Waals surface area contributed by atoms with Gasteiger partial charge in [-0.1, -0.05) is 6.07 Å². The van der Waals surface area contributed by atoms with Gasteiger partial charge in [-0.2, -0.15) is 0 Å². The molecule has 1 aromatic heterocycles. The highest BCUT2D eigenvalue weighted by atomic mass is 19.1. The summed E-state index contributed by atoms with van der Waals surface area (Å²) in [5.41, 5.74) is 0.978. The number of benzene rings is 2. The number of hydrogen-bond acceptors (Lipinski definition) is 3. The van der Waals surface area contributed by atoms with Crippen LogP contribution in [0.15, 0.2) is 42.6 Å². The van der Waals surface area contributed by atoms with Crippen LogP contribution in [0.2, 0.25) is 0 Å². The molecule has 4 nitrogen and oxygen atoms in total. The van der Waals surface area contributed by atoms with E-state index in [1.165, 1.54) is 18.3 Å². The normalized spacial score (nSPS) is 10.8. The fourth-order valence-corrected chi connectivity index (χ4v) is 2.48. The fourth-order valence-electron chi connectivity index (χ4n) is 2.48. The van der Waals surface area contributed by atoms with Crippen LogP contribution in [-0.4, -0.2) is 16.1 Å². The van der Waals surface area contributed by atoms with Gasteiger partial charge in [0.1, 0.15) is 29.5 Å². The highest BCUT2D eigenvalue weighted by Crippen LogP contribution is 2.29. The van der Waals surface area contributed by atoms with Crippen LogP contribution in [0.5, 0.6) is 5.75 Å². The third-order valence-corrected chi connectivity index (χ3v) is 3.62. The predicted octanol–water partition coefficient (Wildman–Crippen LogP) is 4.10. The lowest BCUT2D eigenvalue weighted by Crippen LogP contribution is -2.04. The number of ether oxygens (including phenoxy) is 1. The summed E-state index contributed by atoms with van der Waals surface area (Å²) in [5.74, 6) is -2.22. The molecule has 0 fully saturated rings. The number of aryl methyl sites for hydroxylation is 1. The molecule has 1 heterocycles. The molecule has 6 heteroatoms. The lowest BCUT2D eigenvalue weighted by molar-refractivity contribution is 0.0699. The fraction of sp³-hybridized carbons (Fsp3) is 0.111. The number of aromatic carboxylic acids is 1. The summed E-state index contributed by atoms with van der Waals surface area (Å²) >= 11 is 0. The summed E-state index contributed by atoms with van der Waals surface area (Å²) < 4.78 is 33.0. The minimum Gasteiger partial charge on any atom is -0.486 e. The van der Waals surface area contributed by atoms with Crippen LogP contribution in [0.4, 0.5) is 8.78 Å². The Hall–Kier alpha value is -3.02. The predicted molar refractivity (Wildman–Crippen MR) is 84.1 cm³/mol. The molecule has 0 bridgehead atoms. The molecule has 3 rings (SSSR count). The molecule has 0 amide bonds. The molecule has 0 saturated heterocycles. The molecule has 2 aromatic carbocycles. The molecule has 0 aliphatic heterocycles. The number of nitrogens with zero attached hydrogens (tertiary/aromatic N) is 1. The Morgan fingerprint density at radius 3 is 2.58 bits per heavy atom. The standard InChI is InChI=1S/C18H13F2NO3/c1-10-7-12-11(18(22)23)5-6-21-17(12)16(8-10)24-9-13-14(19)3-2-4-15(13)20/h2-8H,9H2,1H3,(H,22,23). The molecule has 0 atom stereocenters. The van der Waals surface area contributed by atoms with Crippen molar-refractivity contribution < 1.29 is 23.4 Å². The smallest absolute Gasteiger partial charge is 0.336 e. The Balaban J connectivity index is 2.04. The monoisotopic (exact) mass is 329 g/mol. The average Bonchev–Trinajstić information content (AvgIpc) is 2.53. The number of fused-ring (bicyclic) bond motifs is 1. The highest BCUT2D eigenvalue weighted by Gasteiger charge is 2.15. The molecule has 24 heavy (non-hydrogen) atoms. The van der Waals surface area contributed by atoms with E-state index in [1.54, 1.807) is 19.1 Å². The van der Waals surface area contributed by atoms with E-state index in [0.717, 1.165) is 17.7 Å². The first-order valence-electron chi connectivity index (χ1n) is 7.15. The molecular formula is C18H13F2NO3. The molecule has 0 radical (unpaired) electrons. The van der Waals surface area contributed by atoms with Crippen molar-refractivity contribution in [2.45, 2.75) is 13.5 Å². The van der Waals surface area contributed by atoms with E-state index in [4.69, 9.17) is 4.74 Å². The van der Waals surface area contributed by atoms with Crippen molar-refractivity contribution in [2.24, 2.45) is 0 Å². The van der Waals surface area contributed by atoms with Crippen LogP contribution in [-0.2, 0) is 6.61 Å². The maximum atomic E-state index is 13.7. The van der Waals surface area contributed by atoms with E-state index < -0.39 is 17.6 Å². The van der Waals surface area contributed by atoms with Gasteiger partial charge in [0.15, 0.2) is 0 Å². The van der Waals surface area contributed by atoms with Gasteiger partial charge in [-0.15, -0.1) is 0 Å². The SMILES string of the molecule is Cc1cc(OCc2c(F)cccc2F)c2nccc(C(=O)O)c2c1. The Kier molecular flexibility index (Phi) is 4.12. The summed E-state index contributed by atoms with van der Waals surface area (Å²) in [6.07, 6.45) is 1.36. The van der Waals surface area contributed by atoms with Gasteiger partial charge in [-0.3, -0.25) is 4.98 Å². The maximum absolute atomic E-state index is 13.7. The van der Waals surface area contributed by atoms with E-state index in [1.807, 2.05) is 0 Å². The summed E-state index contributed by atoms with van der Waals surface area (Å²) in [6.45, 7) is 1.45. The lowest BCUT2D eigenvalue weighted by Gasteiger charge is -2.12. The Morgan fingerprint density at radius 2 is 1.92 bits per heavy atom. The second kappa shape index (κ2) is 6.23. The zero-order valence-corrected chi connectivity index (χ0v) is 12.7. The Labute approximate surface area is 136 Å². The summed E-state index contributed by atoms with van der Waals surface area (Å²) in [7, 11) is 0. The molecule has 0 unspecified atom stereocenters. The zero-order chi connectivity index (χ0) is 17.3. The van der Waals surface area contributed by atoms with Gasteiger partial charge in [0.2, 0.25) is 0 Å². The molecule has 0 aliphatic carbocycles. The van der Waals surface area contributed by atoms with Crippen LogP contribution in [0.25, 0.3) is 10.9 Å².